The molecular formula is C3H6O2Y8. The third kappa shape index (κ3) is 38.6. The molecule has 54 valence electrons. The quantitative estimate of drug-likeness (QED) is 0.360. The fraction of sp³-hybridized carbons (Fsp3) is 1.00. The Balaban J connectivity index is -0.00000000521. The molecule has 1 aliphatic heterocycles. The third-order valence-corrected chi connectivity index (χ3v) is 0.606. The van der Waals surface area contributed by atoms with Crippen LogP contribution in [0.3, 0.4) is 0 Å². The molecule has 1 heterocycles. The van der Waals surface area contributed by atoms with Crippen molar-refractivity contribution in [2.75, 3.05) is 13.2 Å². The Bertz CT molecular complexity index is 44.4. The molecule has 1 saturated heterocycles. The van der Waals surface area contributed by atoms with Crippen LogP contribution in [0.4, 0.5) is 0 Å². The Morgan fingerprint density at radius 3 is 1.08 bits per heavy atom. The van der Waals surface area contributed by atoms with E-state index in [1.165, 1.54) is 0 Å². The first-order valence-electron chi connectivity index (χ1n) is 1.66. The van der Waals surface area contributed by atoms with E-state index in [0.717, 1.165) is 6.61 Å². The number of rotatable bonds is 1. The predicted octanol–water partition coefficient (Wildman–Crippen LogP) is -0.642. The van der Waals surface area contributed by atoms with Gasteiger partial charge in [0.25, 0.3) is 0 Å². The predicted molar refractivity (Wildman–Crippen MR) is 16.8 cm³/mol. The van der Waals surface area contributed by atoms with Gasteiger partial charge in [0.2, 0.25) is 0 Å². The van der Waals surface area contributed by atoms with Crippen molar-refractivity contribution in [2.45, 2.75) is 6.10 Å². The molecule has 0 saturated carbocycles. The van der Waals surface area contributed by atoms with Crippen molar-refractivity contribution in [1.29, 1.82) is 0 Å². The van der Waals surface area contributed by atoms with E-state index in [1.807, 2.05) is 0 Å². The van der Waals surface area contributed by atoms with Gasteiger partial charge in [0.05, 0.1) is 13.2 Å². The molecule has 8 radical (unpaired) electrons. The van der Waals surface area contributed by atoms with Crippen LogP contribution < -0.4 is 0 Å². The van der Waals surface area contributed by atoms with E-state index < -0.39 is 0 Å². The molecule has 13 heavy (non-hydrogen) atoms. The maximum absolute atomic E-state index is 8.08. The van der Waals surface area contributed by atoms with Crippen molar-refractivity contribution in [1.82, 2.24) is 0 Å². The fourth-order valence-electron chi connectivity index (χ4n) is 0.173. The van der Waals surface area contributed by atoms with Crippen molar-refractivity contribution >= 4 is 0 Å². The van der Waals surface area contributed by atoms with Crippen molar-refractivity contribution in [3.63, 3.8) is 0 Å². The smallest absolute Gasteiger partial charge is 0.104 e. The minimum absolute atomic E-state index is 0. The van der Waals surface area contributed by atoms with Crippen LogP contribution in [0.15, 0.2) is 0 Å². The molecule has 0 aromatic heterocycles. The Labute approximate surface area is 281 Å². The van der Waals surface area contributed by atoms with Gasteiger partial charge in [-0.3, -0.25) is 0 Å². The molecule has 1 atom stereocenters. The molecule has 0 aliphatic carbocycles. The van der Waals surface area contributed by atoms with Crippen LogP contribution in [-0.2, 0) is 266 Å². The molecule has 1 unspecified atom stereocenters. The molecule has 10 heteroatoms. The number of ether oxygens (including phenoxy) is 1. The van der Waals surface area contributed by atoms with Crippen molar-refractivity contribution in [2.24, 2.45) is 0 Å². The molecule has 0 spiro atoms. The summed E-state index contributed by atoms with van der Waals surface area (Å²) in [6.45, 7) is 0.955. The molecular weight excluding hydrogens is 779 g/mol. The summed E-state index contributed by atoms with van der Waals surface area (Å²) in [5.74, 6) is 0. The largest absolute Gasteiger partial charge is 0.394 e. The van der Waals surface area contributed by atoms with Crippen LogP contribution in [0.2, 0.25) is 0 Å². The van der Waals surface area contributed by atoms with E-state index in [-0.39, 0.29) is 274 Å². The summed E-state index contributed by atoms with van der Waals surface area (Å²) >= 11 is 0. The molecule has 1 N–H and O–H groups in total. The summed E-state index contributed by atoms with van der Waals surface area (Å²) in [4.78, 5) is 0. The number of aliphatic hydroxyl groups excluding tert-OH is 1. The second-order valence-electron chi connectivity index (χ2n) is 1.14. The van der Waals surface area contributed by atoms with Gasteiger partial charge in [-0.2, -0.15) is 0 Å². The molecule has 2 nitrogen and oxygen atoms in total. The van der Waals surface area contributed by atoms with E-state index in [4.69, 9.17) is 5.11 Å². The molecule has 0 aromatic carbocycles. The van der Waals surface area contributed by atoms with E-state index in [2.05, 4.69) is 4.74 Å². The summed E-state index contributed by atoms with van der Waals surface area (Å²) in [6.07, 6.45) is 0.190. The minimum atomic E-state index is 0. The summed E-state index contributed by atoms with van der Waals surface area (Å²) in [5.41, 5.74) is 0. The van der Waals surface area contributed by atoms with E-state index >= 15 is 0 Å². The van der Waals surface area contributed by atoms with Crippen LogP contribution in [0.25, 0.3) is 0 Å². The normalized spacial score (nSPS) is 13.2. The topological polar surface area (TPSA) is 32.8 Å². The van der Waals surface area contributed by atoms with Crippen LogP contribution in [0.5, 0.6) is 0 Å². The minimum Gasteiger partial charge on any atom is -0.394 e. The molecule has 1 rings (SSSR count). The molecule has 0 bridgehead atoms. The van der Waals surface area contributed by atoms with Gasteiger partial charge in [0, 0.05) is 262 Å². The Hall–Kier alpha value is 8.75. The van der Waals surface area contributed by atoms with Gasteiger partial charge in [-0.05, 0) is 0 Å². The van der Waals surface area contributed by atoms with E-state index in [9.17, 15) is 0 Å². The zero-order valence-corrected chi connectivity index (χ0v) is 30.2. The summed E-state index contributed by atoms with van der Waals surface area (Å²) in [6, 6.07) is 0. The van der Waals surface area contributed by atoms with Crippen molar-refractivity contribution < 1.29 is 272 Å². The standard InChI is InChI=1S/C3H6O2.8Y/c4-1-3-2-5-3;;;;;;;;/h3-4H,1-2H2;;;;;;;;. The van der Waals surface area contributed by atoms with Gasteiger partial charge in [-0.15, -0.1) is 0 Å². The number of hydrogen-bond donors (Lipinski definition) is 1. The van der Waals surface area contributed by atoms with Crippen LogP contribution >= 0.6 is 0 Å². The fourth-order valence-corrected chi connectivity index (χ4v) is 0.173. The number of aliphatic hydroxyl groups is 1. The second-order valence-corrected chi connectivity index (χ2v) is 1.14. The third-order valence-electron chi connectivity index (χ3n) is 0.606. The van der Waals surface area contributed by atoms with Gasteiger partial charge in [0.15, 0.2) is 0 Å². The van der Waals surface area contributed by atoms with Gasteiger partial charge < -0.3 is 9.84 Å². The first-order valence-corrected chi connectivity index (χ1v) is 1.66. The van der Waals surface area contributed by atoms with Gasteiger partial charge in [0.1, 0.15) is 6.10 Å². The Kier molecular flexibility index (Phi) is 142. The summed E-state index contributed by atoms with van der Waals surface area (Å²) < 4.78 is 4.61. The Morgan fingerprint density at radius 1 is 0.846 bits per heavy atom. The first kappa shape index (κ1) is 49.5. The molecule has 1 fully saturated rings. The number of epoxide rings is 1. The van der Waals surface area contributed by atoms with E-state index in [0.29, 0.717) is 0 Å². The average Bonchev–Trinajstić information content (AvgIpc) is 2.12. The summed E-state index contributed by atoms with van der Waals surface area (Å²) in [7, 11) is 0. The van der Waals surface area contributed by atoms with E-state index in [1.54, 1.807) is 0 Å². The summed E-state index contributed by atoms with van der Waals surface area (Å²) in [5, 5.41) is 8.08. The second kappa shape index (κ2) is 37.2. The van der Waals surface area contributed by atoms with Gasteiger partial charge in [-0.25, -0.2) is 0 Å². The first-order chi connectivity index (χ1) is 2.43. The maximum Gasteiger partial charge on any atom is 0.104 e. The van der Waals surface area contributed by atoms with Gasteiger partial charge >= 0.3 is 0 Å². The number of hydrogen-bond acceptors (Lipinski definition) is 2. The zero-order chi connectivity index (χ0) is 3.70. The average molecular weight is 785 g/mol. The SMILES string of the molecule is OCC1CO1.[Y].[Y].[Y].[Y].[Y].[Y].[Y].[Y]. The molecule has 1 aliphatic rings. The van der Waals surface area contributed by atoms with Crippen molar-refractivity contribution in [3.8, 4) is 0 Å². The zero-order valence-electron chi connectivity index (χ0n) is 7.47. The molecule has 0 amide bonds. The van der Waals surface area contributed by atoms with Crippen molar-refractivity contribution in [3.05, 3.63) is 0 Å². The van der Waals surface area contributed by atoms with Crippen LogP contribution in [0, 0.1) is 0 Å². The molecule has 0 aromatic rings. The van der Waals surface area contributed by atoms with Gasteiger partial charge in [-0.1, -0.05) is 0 Å². The van der Waals surface area contributed by atoms with Crippen LogP contribution in [0.1, 0.15) is 0 Å². The van der Waals surface area contributed by atoms with Crippen LogP contribution in [-0.4, -0.2) is 24.4 Å². The maximum atomic E-state index is 8.08. The Morgan fingerprint density at radius 2 is 1.08 bits per heavy atom. The monoisotopic (exact) mass is 785 g/mol.